The van der Waals surface area contributed by atoms with Crippen LogP contribution in [0, 0.1) is 5.82 Å². The number of hydrogen-bond acceptors (Lipinski definition) is 4. The average Bonchev–Trinajstić information content (AvgIpc) is 3.05. The number of halogens is 1. The van der Waals surface area contributed by atoms with Gasteiger partial charge in [0, 0.05) is 25.0 Å². The minimum atomic E-state index is -3.94. The Morgan fingerprint density at radius 2 is 1.89 bits per heavy atom. The molecule has 27 heavy (non-hydrogen) atoms. The van der Waals surface area contributed by atoms with E-state index in [2.05, 4.69) is 9.71 Å². The summed E-state index contributed by atoms with van der Waals surface area (Å²) in [5, 5.41) is 0. The summed E-state index contributed by atoms with van der Waals surface area (Å²) >= 11 is 0. The molecule has 0 amide bonds. The van der Waals surface area contributed by atoms with Crippen LogP contribution in [-0.2, 0) is 17.1 Å². The molecular formula is C19H18FN3O3S. The largest absolute Gasteiger partial charge is 0.336 e. The molecule has 8 heteroatoms. The zero-order valence-electron chi connectivity index (χ0n) is 14.8. The van der Waals surface area contributed by atoms with Gasteiger partial charge in [-0.2, -0.15) is 4.72 Å². The Morgan fingerprint density at radius 3 is 2.44 bits per heavy atom. The molecule has 0 saturated heterocycles. The highest BCUT2D eigenvalue weighted by Gasteiger charge is 2.26. The summed E-state index contributed by atoms with van der Waals surface area (Å²) in [6, 6.07) is 10.4. The fraction of sp³-hybridized carbons (Fsp3) is 0.158. The molecule has 3 aromatic rings. The molecule has 0 radical (unpaired) electrons. The topological polar surface area (TPSA) is 81.1 Å². The van der Waals surface area contributed by atoms with Gasteiger partial charge in [0.05, 0.1) is 4.90 Å². The molecule has 0 aliphatic carbocycles. The number of imidazole rings is 1. The smallest absolute Gasteiger partial charge is 0.241 e. The van der Waals surface area contributed by atoms with Crippen molar-refractivity contribution in [3.05, 3.63) is 83.7 Å². The van der Waals surface area contributed by atoms with E-state index in [9.17, 15) is 17.6 Å². The van der Waals surface area contributed by atoms with E-state index in [4.69, 9.17) is 0 Å². The Labute approximate surface area is 156 Å². The number of nitrogens with zero attached hydrogens (tertiary/aromatic N) is 2. The van der Waals surface area contributed by atoms with E-state index in [1.807, 2.05) is 0 Å². The number of nitrogens with one attached hydrogen (secondary N) is 1. The number of sulfonamides is 1. The van der Waals surface area contributed by atoms with Crippen molar-refractivity contribution >= 4 is 15.8 Å². The third-order valence-corrected chi connectivity index (χ3v) is 5.58. The first-order chi connectivity index (χ1) is 12.8. The van der Waals surface area contributed by atoms with Crippen molar-refractivity contribution in [3.63, 3.8) is 0 Å². The molecule has 3 rings (SSSR count). The van der Waals surface area contributed by atoms with Gasteiger partial charge >= 0.3 is 0 Å². The first-order valence-electron chi connectivity index (χ1n) is 8.14. The second kappa shape index (κ2) is 7.42. The van der Waals surface area contributed by atoms with Crippen LogP contribution in [0.15, 0.2) is 65.8 Å². The van der Waals surface area contributed by atoms with E-state index in [1.165, 1.54) is 55.6 Å². The number of carbonyl (C=O) groups is 1. The molecule has 0 aliphatic rings. The van der Waals surface area contributed by atoms with Crippen molar-refractivity contribution in [1.29, 1.82) is 0 Å². The number of carbonyl (C=O) groups excluding carboxylic acids is 1. The molecule has 2 aromatic carbocycles. The lowest BCUT2D eigenvalue weighted by Crippen LogP contribution is -2.31. The maximum absolute atomic E-state index is 13.7. The molecule has 1 N–H and O–H groups in total. The number of Topliss-reactive ketones (excluding diaryl/α,β-unsaturated/α-hetero) is 1. The van der Waals surface area contributed by atoms with Crippen molar-refractivity contribution in [2.75, 3.05) is 0 Å². The second-order valence-electron chi connectivity index (χ2n) is 6.09. The molecule has 0 fully saturated rings. The maximum atomic E-state index is 13.7. The quantitative estimate of drug-likeness (QED) is 0.660. The summed E-state index contributed by atoms with van der Waals surface area (Å²) in [6.07, 6.45) is 3.22. The van der Waals surface area contributed by atoms with E-state index in [0.717, 1.165) is 0 Å². The van der Waals surface area contributed by atoms with E-state index < -0.39 is 21.9 Å². The number of hydrogen-bond donors (Lipinski definition) is 1. The van der Waals surface area contributed by atoms with Crippen LogP contribution in [0.5, 0.6) is 0 Å². The van der Waals surface area contributed by atoms with E-state index >= 15 is 0 Å². The third kappa shape index (κ3) is 4.12. The van der Waals surface area contributed by atoms with Crippen LogP contribution >= 0.6 is 0 Å². The zero-order valence-corrected chi connectivity index (χ0v) is 15.6. The third-order valence-electron chi connectivity index (χ3n) is 4.14. The van der Waals surface area contributed by atoms with Crippen LogP contribution in [-0.4, -0.2) is 23.8 Å². The number of aryl methyl sites for hydroxylation is 1. The van der Waals surface area contributed by atoms with Crippen LogP contribution < -0.4 is 4.72 Å². The van der Waals surface area contributed by atoms with Crippen LogP contribution in [0.4, 0.5) is 4.39 Å². The van der Waals surface area contributed by atoms with Crippen molar-refractivity contribution in [3.8, 4) is 0 Å². The fourth-order valence-corrected chi connectivity index (χ4v) is 3.89. The predicted molar refractivity (Wildman–Crippen MR) is 98.2 cm³/mol. The normalized spacial score (nSPS) is 12.7. The summed E-state index contributed by atoms with van der Waals surface area (Å²) in [4.78, 5) is 15.6. The van der Waals surface area contributed by atoms with Crippen molar-refractivity contribution < 1.29 is 17.6 Å². The van der Waals surface area contributed by atoms with Gasteiger partial charge in [0.1, 0.15) is 17.7 Å². The Bertz CT molecular complexity index is 1080. The number of ketones is 1. The van der Waals surface area contributed by atoms with Gasteiger partial charge in [0.2, 0.25) is 10.0 Å². The standard InChI is InChI=1S/C19H18FN3O3S/c1-13(24)14-6-8-17(9-7-14)27(25,26)22-18(19-21-10-11-23(19)2)15-4-3-5-16(20)12-15/h3-12,18,22H,1-2H3. The van der Waals surface area contributed by atoms with Crippen LogP contribution in [0.25, 0.3) is 0 Å². The summed E-state index contributed by atoms with van der Waals surface area (Å²) < 4.78 is 43.7. The molecule has 0 aliphatic heterocycles. The maximum Gasteiger partial charge on any atom is 0.241 e. The Kier molecular flexibility index (Phi) is 5.20. The van der Waals surface area contributed by atoms with Crippen LogP contribution in [0.3, 0.4) is 0 Å². The van der Waals surface area contributed by atoms with Gasteiger partial charge in [0.15, 0.2) is 5.78 Å². The highest BCUT2D eigenvalue weighted by Crippen LogP contribution is 2.24. The van der Waals surface area contributed by atoms with Crippen LogP contribution in [0.1, 0.15) is 34.7 Å². The highest BCUT2D eigenvalue weighted by molar-refractivity contribution is 7.89. The first kappa shape index (κ1) is 18.9. The minimum absolute atomic E-state index is 0.00288. The lowest BCUT2D eigenvalue weighted by Gasteiger charge is -2.19. The summed E-state index contributed by atoms with van der Waals surface area (Å²) in [5.74, 6) is -0.209. The van der Waals surface area contributed by atoms with Crippen molar-refractivity contribution in [1.82, 2.24) is 14.3 Å². The van der Waals surface area contributed by atoms with Crippen LogP contribution in [0.2, 0.25) is 0 Å². The van der Waals surface area contributed by atoms with Gasteiger partial charge in [-0.05, 0) is 36.8 Å². The lowest BCUT2D eigenvalue weighted by atomic mass is 10.1. The van der Waals surface area contributed by atoms with Gasteiger partial charge in [-0.25, -0.2) is 17.8 Å². The molecule has 6 nitrogen and oxygen atoms in total. The van der Waals surface area contributed by atoms with Gasteiger partial charge in [-0.3, -0.25) is 4.79 Å². The van der Waals surface area contributed by atoms with Crippen molar-refractivity contribution in [2.45, 2.75) is 17.9 Å². The monoisotopic (exact) mass is 387 g/mol. The highest BCUT2D eigenvalue weighted by atomic mass is 32.2. The van der Waals surface area contributed by atoms with Gasteiger partial charge < -0.3 is 4.57 Å². The molecule has 1 aromatic heterocycles. The summed E-state index contributed by atoms with van der Waals surface area (Å²) in [5.41, 5.74) is 0.841. The molecular weight excluding hydrogens is 369 g/mol. The fourth-order valence-electron chi connectivity index (χ4n) is 2.70. The van der Waals surface area contributed by atoms with E-state index in [0.29, 0.717) is 17.0 Å². The minimum Gasteiger partial charge on any atom is -0.336 e. The number of rotatable bonds is 6. The predicted octanol–water partition coefficient (Wildman–Crippen LogP) is 2.83. The Hall–Kier alpha value is -2.84. The van der Waals surface area contributed by atoms with Crippen molar-refractivity contribution in [2.24, 2.45) is 7.05 Å². The number of aromatic nitrogens is 2. The molecule has 1 unspecified atom stereocenters. The molecule has 0 spiro atoms. The SMILES string of the molecule is CC(=O)c1ccc(S(=O)(=O)NC(c2cccc(F)c2)c2nccn2C)cc1. The van der Waals surface area contributed by atoms with E-state index in [1.54, 1.807) is 23.9 Å². The van der Waals surface area contributed by atoms with Gasteiger partial charge in [-0.1, -0.05) is 24.3 Å². The molecule has 1 atom stereocenters. The summed E-state index contributed by atoms with van der Waals surface area (Å²) in [6.45, 7) is 1.41. The number of benzene rings is 2. The van der Waals surface area contributed by atoms with Gasteiger partial charge in [-0.15, -0.1) is 0 Å². The van der Waals surface area contributed by atoms with Gasteiger partial charge in [0.25, 0.3) is 0 Å². The zero-order chi connectivity index (χ0) is 19.6. The molecule has 0 bridgehead atoms. The molecule has 1 heterocycles. The molecule has 140 valence electrons. The van der Waals surface area contributed by atoms with E-state index in [-0.39, 0.29) is 10.7 Å². The first-order valence-corrected chi connectivity index (χ1v) is 9.62. The average molecular weight is 387 g/mol. The second-order valence-corrected chi connectivity index (χ2v) is 7.80. The lowest BCUT2D eigenvalue weighted by molar-refractivity contribution is 0.101. The molecule has 0 saturated carbocycles. The summed E-state index contributed by atoms with van der Waals surface area (Å²) in [7, 11) is -2.22. The Balaban J connectivity index is 2.00. The Morgan fingerprint density at radius 1 is 1.19 bits per heavy atom.